The number of amides is 1. The Balaban J connectivity index is 1.54. The van der Waals surface area contributed by atoms with E-state index in [-0.39, 0.29) is 22.5 Å². The lowest BCUT2D eigenvalue weighted by atomic mass is 10.1. The number of aromatic nitrogens is 2. The molecule has 0 spiro atoms. The smallest absolute Gasteiger partial charge is 0.325 e. The van der Waals surface area contributed by atoms with Crippen LogP contribution in [0.25, 0.3) is 22.0 Å². The first-order chi connectivity index (χ1) is 14.9. The standard InChI is InChI=1S/C23H16F3N3OS/c24-23(25,26)20-13-19(16-8-2-1-3-9-16)28-22(29-20)31-14-21(30)27-18-12-6-10-15-7-4-5-11-17(15)18/h1-13H,14H2,(H,27,30). The largest absolute Gasteiger partial charge is 0.433 e. The van der Waals surface area contributed by atoms with Gasteiger partial charge in [0.25, 0.3) is 0 Å². The second-order valence-corrected chi connectivity index (χ2v) is 7.59. The van der Waals surface area contributed by atoms with Crippen LogP contribution in [-0.2, 0) is 11.0 Å². The molecule has 0 aliphatic rings. The molecule has 1 heterocycles. The molecule has 4 rings (SSSR count). The van der Waals surface area contributed by atoms with Gasteiger partial charge in [0, 0.05) is 16.6 Å². The monoisotopic (exact) mass is 439 g/mol. The molecule has 0 aliphatic heterocycles. The van der Waals surface area contributed by atoms with E-state index < -0.39 is 11.9 Å². The maximum absolute atomic E-state index is 13.3. The highest BCUT2D eigenvalue weighted by Gasteiger charge is 2.34. The van der Waals surface area contributed by atoms with Crippen LogP contribution in [0.2, 0.25) is 0 Å². The van der Waals surface area contributed by atoms with E-state index in [2.05, 4.69) is 15.3 Å². The number of alkyl halides is 3. The molecule has 0 unspecified atom stereocenters. The molecule has 1 aromatic heterocycles. The molecule has 3 aromatic carbocycles. The summed E-state index contributed by atoms with van der Waals surface area (Å²) in [5.74, 6) is -0.484. The molecule has 0 fully saturated rings. The Kier molecular flexibility index (Phi) is 5.90. The van der Waals surface area contributed by atoms with Crippen LogP contribution in [0, 0.1) is 0 Å². The van der Waals surface area contributed by atoms with Crippen LogP contribution < -0.4 is 5.32 Å². The number of carbonyl (C=O) groups is 1. The van der Waals surface area contributed by atoms with Gasteiger partial charge in [0.2, 0.25) is 5.91 Å². The third-order valence-corrected chi connectivity index (χ3v) is 5.31. The van der Waals surface area contributed by atoms with Crippen LogP contribution in [0.1, 0.15) is 5.69 Å². The van der Waals surface area contributed by atoms with Crippen molar-refractivity contribution in [3.05, 3.63) is 84.6 Å². The highest BCUT2D eigenvalue weighted by molar-refractivity contribution is 7.99. The molecular formula is C23H16F3N3OS. The Bertz CT molecular complexity index is 1220. The van der Waals surface area contributed by atoms with E-state index in [0.717, 1.165) is 28.6 Å². The minimum Gasteiger partial charge on any atom is -0.325 e. The molecule has 156 valence electrons. The zero-order valence-electron chi connectivity index (χ0n) is 16.1. The fourth-order valence-corrected chi connectivity index (χ4v) is 3.70. The first kappa shape index (κ1) is 20.9. The summed E-state index contributed by atoms with van der Waals surface area (Å²) in [7, 11) is 0. The average molecular weight is 439 g/mol. The predicted molar refractivity (Wildman–Crippen MR) is 116 cm³/mol. The third-order valence-electron chi connectivity index (χ3n) is 4.46. The van der Waals surface area contributed by atoms with Gasteiger partial charge < -0.3 is 5.32 Å². The number of hydrogen-bond donors (Lipinski definition) is 1. The lowest BCUT2D eigenvalue weighted by molar-refractivity contribution is -0.141. The minimum atomic E-state index is -4.62. The summed E-state index contributed by atoms with van der Waals surface area (Å²) in [6.07, 6.45) is -4.62. The zero-order chi connectivity index (χ0) is 21.8. The molecule has 31 heavy (non-hydrogen) atoms. The molecule has 8 heteroatoms. The summed E-state index contributed by atoms with van der Waals surface area (Å²) in [6, 6.07) is 22.6. The second-order valence-electron chi connectivity index (χ2n) is 6.65. The predicted octanol–water partition coefficient (Wildman–Crippen LogP) is 6.05. The number of nitrogens with one attached hydrogen (secondary N) is 1. The van der Waals surface area contributed by atoms with Crippen LogP contribution in [0.3, 0.4) is 0 Å². The highest BCUT2D eigenvalue weighted by atomic mass is 32.2. The fourth-order valence-electron chi connectivity index (χ4n) is 3.04. The van der Waals surface area contributed by atoms with E-state index >= 15 is 0 Å². The van der Waals surface area contributed by atoms with Gasteiger partial charge in [0.1, 0.15) is 5.69 Å². The van der Waals surface area contributed by atoms with Crippen LogP contribution in [0.4, 0.5) is 18.9 Å². The lowest BCUT2D eigenvalue weighted by Gasteiger charge is -2.11. The van der Waals surface area contributed by atoms with Crippen molar-refractivity contribution in [2.75, 3.05) is 11.1 Å². The highest BCUT2D eigenvalue weighted by Crippen LogP contribution is 2.32. The van der Waals surface area contributed by atoms with Crippen LogP contribution in [0.5, 0.6) is 0 Å². The Morgan fingerprint density at radius 3 is 2.39 bits per heavy atom. The average Bonchev–Trinajstić information content (AvgIpc) is 2.78. The fraction of sp³-hybridized carbons (Fsp3) is 0.0870. The van der Waals surface area contributed by atoms with Gasteiger partial charge >= 0.3 is 6.18 Å². The summed E-state index contributed by atoms with van der Waals surface area (Å²) in [4.78, 5) is 20.3. The van der Waals surface area contributed by atoms with Crippen LogP contribution in [0.15, 0.2) is 84.0 Å². The quantitative estimate of drug-likeness (QED) is 0.304. The van der Waals surface area contributed by atoms with Gasteiger partial charge in [0.05, 0.1) is 11.4 Å². The van der Waals surface area contributed by atoms with E-state index in [9.17, 15) is 18.0 Å². The third kappa shape index (κ3) is 5.03. The van der Waals surface area contributed by atoms with E-state index in [1.807, 2.05) is 36.4 Å². The van der Waals surface area contributed by atoms with Gasteiger partial charge in [-0.15, -0.1) is 0 Å². The second kappa shape index (κ2) is 8.77. The molecule has 0 saturated carbocycles. The van der Waals surface area contributed by atoms with Crippen molar-refractivity contribution in [2.24, 2.45) is 0 Å². The van der Waals surface area contributed by atoms with Crippen molar-refractivity contribution in [3.8, 4) is 11.3 Å². The molecule has 0 radical (unpaired) electrons. The normalized spacial score (nSPS) is 11.5. The van der Waals surface area contributed by atoms with Gasteiger partial charge in [-0.1, -0.05) is 78.5 Å². The van der Waals surface area contributed by atoms with Gasteiger partial charge in [-0.3, -0.25) is 4.79 Å². The number of thioether (sulfide) groups is 1. The number of carbonyl (C=O) groups excluding carboxylic acids is 1. The Labute approximate surface area is 180 Å². The molecule has 1 amide bonds. The number of fused-ring (bicyclic) bond motifs is 1. The van der Waals surface area contributed by atoms with Gasteiger partial charge in [0.15, 0.2) is 5.16 Å². The number of benzene rings is 3. The van der Waals surface area contributed by atoms with Crippen molar-refractivity contribution in [3.63, 3.8) is 0 Å². The maximum atomic E-state index is 13.3. The van der Waals surface area contributed by atoms with Crippen molar-refractivity contribution >= 4 is 34.1 Å². The van der Waals surface area contributed by atoms with Gasteiger partial charge in [-0.25, -0.2) is 9.97 Å². The van der Waals surface area contributed by atoms with E-state index in [1.165, 1.54) is 0 Å². The molecule has 0 atom stereocenters. The lowest BCUT2D eigenvalue weighted by Crippen LogP contribution is -2.15. The van der Waals surface area contributed by atoms with E-state index in [4.69, 9.17) is 0 Å². The number of nitrogens with zero attached hydrogens (tertiary/aromatic N) is 2. The van der Waals surface area contributed by atoms with Crippen LogP contribution >= 0.6 is 11.8 Å². The van der Waals surface area contributed by atoms with Gasteiger partial charge in [-0.05, 0) is 17.5 Å². The number of anilines is 1. The summed E-state index contributed by atoms with van der Waals surface area (Å²) in [5.41, 5.74) is 0.286. The van der Waals surface area contributed by atoms with Crippen molar-refractivity contribution in [1.29, 1.82) is 0 Å². The molecular weight excluding hydrogens is 423 g/mol. The van der Waals surface area contributed by atoms with E-state index in [1.54, 1.807) is 36.4 Å². The summed E-state index contributed by atoms with van der Waals surface area (Å²) in [5, 5.41) is 4.55. The zero-order valence-corrected chi connectivity index (χ0v) is 16.9. The van der Waals surface area contributed by atoms with Crippen molar-refractivity contribution in [1.82, 2.24) is 9.97 Å². The molecule has 0 saturated heterocycles. The minimum absolute atomic E-state index is 0.109. The number of halogens is 3. The molecule has 0 bridgehead atoms. The summed E-state index contributed by atoms with van der Waals surface area (Å²) < 4.78 is 40.0. The van der Waals surface area contributed by atoms with Crippen molar-refractivity contribution in [2.45, 2.75) is 11.3 Å². The Morgan fingerprint density at radius 1 is 0.903 bits per heavy atom. The summed E-state index contributed by atoms with van der Waals surface area (Å²) >= 11 is 0.858. The first-order valence-electron chi connectivity index (χ1n) is 9.32. The SMILES string of the molecule is O=C(CSc1nc(-c2ccccc2)cc(C(F)(F)F)n1)Nc1cccc2ccccc12. The first-order valence-corrected chi connectivity index (χ1v) is 10.3. The maximum Gasteiger partial charge on any atom is 0.433 e. The number of rotatable bonds is 5. The topological polar surface area (TPSA) is 54.9 Å². The van der Waals surface area contributed by atoms with Crippen molar-refractivity contribution < 1.29 is 18.0 Å². The van der Waals surface area contributed by atoms with E-state index in [0.29, 0.717) is 11.3 Å². The Hall–Kier alpha value is -3.39. The molecule has 4 aromatic rings. The van der Waals surface area contributed by atoms with Gasteiger partial charge in [-0.2, -0.15) is 13.2 Å². The molecule has 1 N–H and O–H groups in total. The summed E-state index contributed by atoms with van der Waals surface area (Å²) in [6.45, 7) is 0. The molecule has 4 nitrogen and oxygen atoms in total. The number of hydrogen-bond acceptors (Lipinski definition) is 4. The van der Waals surface area contributed by atoms with Crippen LogP contribution in [-0.4, -0.2) is 21.6 Å². The Morgan fingerprint density at radius 2 is 1.61 bits per heavy atom. The molecule has 0 aliphatic carbocycles.